The Morgan fingerprint density at radius 1 is 1.21 bits per heavy atom. The van der Waals surface area contributed by atoms with Crippen LogP contribution in [0.2, 0.25) is 5.02 Å². The Balaban J connectivity index is 1.41. The predicted octanol–water partition coefficient (Wildman–Crippen LogP) is 4.89. The zero-order chi connectivity index (χ0) is 23.7. The molecule has 2 aromatic heterocycles. The number of amides is 1. The molecule has 0 radical (unpaired) electrons. The lowest BCUT2D eigenvalue weighted by Gasteiger charge is -2.31. The van der Waals surface area contributed by atoms with Gasteiger partial charge in [0.15, 0.2) is 0 Å². The predicted molar refractivity (Wildman–Crippen MR) is 131 cm³/mol. The standard InChI is InChI=1S/C25H26ClFN6O/c1-15-21(10-17(13-28-15)16-4-7-33(8-5-16)9-6-27)31-25-29-14-18-11-23(34)30-22-12-19(26)2-3-20(22)24(18)32-25/h2-3,10,12-14,16H,4-9,11H2,1H3,(H,30,34)(H,29,31,32). The number of hydrogen-bond acceptors (Lipinski definition) is 6. The highest BCUT2D eigenvalue weighted by Crippen LogP contribution is 2.35. The number of carbonyl (C=O) groups is 1. The van der Waals surface area contributed by atoms with E-state index in [9.17, 15) is 9.18 Å². The van der Waals surface area contributed by atoms with Gasteiger partial charge in [-0.2, -0.15) is 0 Å². The first-order chi connectivity index (χ1) is 16.5. The van der Waals surface area contributed by atoms with Gasteiger partial charge in [0.1, 0.15) is 6.67 Å². The number of fused-ring (bicyclic) bond motifs is 3. The molecule has 1 saturated heterocycles. The van der Waals surface area contributed by atoms with Crippen molar-refractivity contribution in [1.82, 2.24) is 19.9 Å². The summed E-state index contributed by atoms with van der Waals surface area (Å²) in [5.74, 6) is 0.705. The largest absolute Gasteiger partial charge is 0.325 e. The number of rotatable bonds is 5. The van der Waals surface area contributed by atoms with E-state index in [0.29, 0.717) is 34.8 Å². The number of nitrogens with one attached hydrogen (secondary N) is 2. The smallest absolute Gasteiger partial charge is 0.228 e. The lowest BCUT2D eigenvalue weighted by atomic mass is 9.90. The highest BCUT2D eigenvalue weighted by Gasteiger charge is 2.23. The first-order valence-corrected chi connectivity index (χ1v) is 11.9. The second-order valence-electron chi connectivity index (χ2n) is 8.81. The fourth-order valence-electron chi connectivity index (χ4n) is 4.65. The highest BCUT2D eigenvalue weighted by molar-refractivity contribution is 6.31. The van der Waals surface area contributed by atoms with Gasteiger partial charge in [0, 0.05) is 35.1 Å². The molecule has 0 atom stereocenters. The fourth-order valence-corrected chi connectivity index (χ4v) is 4.82. The maximum atomic E-state index is 12.7. The van der Waals surface area contributed by atoms with Crippen molar-refractivity contribution in [3.05, 3.63) is 58.5 Å². The maximum Gasteiger partial charge on any atom is 0.228 e. The summed E-state index contributed by atoms with van der Waals surface area (Å²) in [6, 6.07) is 7.50. The molecule has 4 heterocycles. The van der Waals surface area contributed by atoms with E-state index < -0.39 is 0 Å². The number of aromatic nitrogens is 3. The summed E-state index contributed by atoms with van der Waals surface area (Å²) in [4.78, 5) is 28.3. The monoisotopic (exact) mass is 480 g/mol. The minimum absolute atomic E-state index is 0.128. The van der Waals surface area contributed by atoms with E-state index in [2.05, 4.69) is 31.6 Å². The van der Waals surface area contributed by atoms with Crippen molar-refractivity contribution >= 4 is 34.8 Å². The van der Waals surface area contributed by atoms with Crippen molar-refractivity contribution in [3.8, 4) is 11.3 Å². The van der Waals surface area contributed by atoms with Gasteiger partial charge >= 0.3 is 0 Å². The second kappa shape index (κ2) is 9.64. The molecule has 7 nitrogen and oxygen atoms in total. The topological polar surface area (TPSA) is 83.0 Å². The van der Waals surface area contributed by atoms with E-state index in [0.717, 1.165) is 54.0 Å². The Kier molecular flexibility index (Phi) is 6.43. The van der Waals surface area contributed by atoms with E-state index >= 15 is 0 Å². The summed E-state index contributed by atoms with van der Waals surface area (Å²) in [6.07, 6.45) is 5.80. The van der Waals surface area contributed by atoms with Gasteiger partial charge in [-0.05, 0) is 68.6 Å². The molecule has 0 saturated carbocycles. The third-order valence-corrected chi connectivity index (χ3v) is 6.78. The van der Waals surface area contributed by atoms with Gasteiger partial charge in [-0.15, -0.1) is 0 Å². The minimum atomic E-state index is -0.298. The van der Waals surface area contributed by atoms with Crippen LogP contribution in [-0.2, 0) is 11.2 Å². The SMILES string of the molecule is Cc1ncc(C2CCN(CCF)CC2)cc1Nc1ncc2c(n1)-c1ccc(Cl)cc1NC(=O)C2. The van der Waals surface area contributed by atoms with Crippen molar-refractivity contribution in [2.24, 2.45) is 0 Å². The van der Waals surface area contributed by atoms with Crippen molar-refractivity contribution in [2.45, 2.75) is 32.1 Å². The molecule has 1 fully saturated rings. The van der Waals surface area contributed by atoms with Gasteiger partial charge in [0.25, 0.3) is 0 Å². The molecule has 2 aliphatic rings. The molecule has 34 heavy (non-hydrogen) atoms. The molecular weight excluding hydrogens is 455 g/mol. The van der Waals surface area contributed by atoms with Gasteiger partial charge in [-0.1, -0.05) is 11.6 Å². The molecular formula is C25H26ClFN6O. The van der Waals surface area contributed by atoms with Crippen LogP contribution >= 0.6 is 11.6 Å². The normalized spacial score (nSPS) is 16.4. The second-order valence-corrected chi connectivity index (χ2v) is 9.25. The Bertz CT molecular complexity index is 1230. The number of halogens is 2. The average Bonchev–Trinajstić information content (AvgIpc) is 2.96. The summed E-state index contributed by atoms with van der Waals surface area (Å²) in [6.45, 7) is 3.95. The Labute approximate surface area is 202 Å². The van der Waals surface area contributed by atoms with Crippen molar-refractivity contribution in [1.29, 1.82) is 0 Å². The van der Waals surface area contributed by atoms with E-state index in [-0.39, 0.29) is 19.0 Å². The maximum absolute atomic E-state index is 12.7. The van der Waals surface area contributed by atoms with Gasteiger partial charge < -0.3 is 15.5 Å². The molecule has 9 heteroatoms. The zero-order valence-corrected chi connectivity index (χ0v) is 19.7. The van der Waals surface area contributed by atoms with Gasteiger partial charge in [0.05, 0.1) is 29.2 Å². The lowest BCUT2D eigenvalue weighted by Crippen LogP contribution is -2.34. The molecule has 2 aliphatic heterocycles. The number of piperidine rings is 1. The number of hydrogen-bond donors (Lipinski definition) is 2. The first kappa shape index (κ1) is 22.7. The Hall–Kier alpha value is -3.10. The van der Waals surface area contributed by atoms with Crippen LogP contribution in [0.1, 0.15) is 35.6 Å². The van der Waals surface area contributed by atoms with E-state index in [1.165, 1.54) is 0 Å². The van der Waals surface area contributed by atoms with Crippen molar-refractivity contribution in [3.63, 3.8) is 0 Å². The molecule has 0 aliphatic carbocycles. The van der Waals surface area contributed by atoms with Crippen LogP contribution < -0.4 is 10.6 Å². The number of pyridine rings is 1. The number of anilines is 3. The van der Waals surface area contributed by atoms with Crippen molar-refractivity contribution in [2.75, 3.05) is 36.9 Å². The van der Waals surface area contributed by atoms with Crippen LogP contribution in [0.25, 0.3) is 11.3 Å². The van der Waals surface area contributed by atoms with Crippen LogP contribution in [0.4, 0.5) is 21.7 Å². The average molecular weight is 481 g/mol. The molecule has 0 spiro atoms. The van der Waals surface area contributed by atoms with Crippen LogP contribution in [0, 0.1) is 6.92 Å². The minimum Gasteiger partial charge on any atom is -0.325 e. The molecule has 2 N–H and O–H groups in total. The number of aryl methyl sites for hydroxylation is 1. The number of nitrogens with zero attached hydrogens (tertiary/aromatic N) is 4. The summed E-state index contributed by atoms with van der Waals surface area (Å²) in [5, 5.41) is 6.77. The molecule has 3 aromatic rings. The van der Waals surface area contributed by atoms with Crippen LogP contribution in [0.3, 0.4) is 0 Å². The third-order valence-electron chi connectivity index (χ3n) is 6.54. The molecule has 0 bridgehead atoms. The first-order valence-electron chi connectivity index (χ1n) is 11.5. The fraction of sp³-hybridized carbons (Fsp3) is 0.360. The third kappa shape index (κ3) is 4.74. The van der Waals surface area contributed by atoms with Crippen LogP contribution in [-0.4, -0.2) is 52.1 Å². The summed E-state index contributed by atoms with van der Waals surface area (Å²) < 4.78 is 12.7. The number of alkyl halides is 1. The summed E-state index contributed by atoms with van der Waals surface area (Å²) in [7, 11) is 0. The molecule has 0 unspecified atom stereocenters. The summed E-state index contributed by atoms with van der Waals surface area (Å²) in [5.41, 5.74) is 5.76. The van der Waals surface area contributed by atoms with Crippen LogP contribution in [0.15, 0.2) is 36.7 Å². The van der Waals surface area contributed by atoms with Crippen molar-refractivity contribution < 1.29 is 9.18 Å². The molecule has 1 amide bonds. The summed E-state index contributed by atoms with van der Waals surface area (Å²) >= 11 is 6.14. The quantitative estimate of drug-likeness (QED) is 0.541. The van der Waals surface area contributed by atoms with E-state index in [1.54, 1.807) is 18.3 Å². The number of likely N-dealkylation sites (tertiary alicyclic amines) is 1. The highest BCUT2D eigenvalue weighted by atomic mass is 35.5. The molecule has 1 aromatic carbocycles. The van der Waals surface area contributed by atoms with Crippen LogP contribution in [0.5, 0.6) is 0 Å². The zero-order valence-electron chi connectivity index (χ0n) is 18.9. The molecule has 5 rings (SSSR count). The van der Waals surface area contributed by atoms with E-state index in [4.69, 9.17) is 16.6 Å². The van der Waals surface area contributed by atoms with Gasteiger partial charge in [-0.25, -0.2) is 14.4 Å². The molecule has 176 valence electrons. The number of benzene rings is 1. The number of carbonyl (C=O) groups excluding carboxylic acids is 1. The van der Waals surface area contributed by atoms with Gasteiger partial charge in [-0.3, -0.25) is 9.78 Å². The van der Waals surface area contributed by atoms with E-state index in [1.807, 2.05) is 19.2 Å². The Morgan fingerprint density at radius 2 is 2.03 bits per heavy atom. The van der Waals surface area contributed by atoms with Gasteiger partial charge in [0.2, 0.25) is 11.9 Å². The Morgan fingerprint density at radius 3 is 2.82 bits per heavy atom. The lowest BCUT2D eigenvalue weighted by molar-refractivity contribution is -0.115.